The number of hydrogen-bond donors (Lipinski definition) is 0. The monoisotopic (exact) mass is 213 g/mol. The summed E-state index contributed by atoms with van der Waals surface area (Å²) in [4.78, 5) is 40.7. The van der Waals surface area contributed by atoms with Crippen LogP contribution in [0.25, 0.3) is 0 Å². The Morgan fingerprint density at radius 1 is 0.933 bits per heavy atom. The Morgan fingerprint density at radius 3 is 1.80 bits per heavy atom. The molecule has 0 saturated carbocycles. The van der Waals surface area contributed by atoms with Gasteiger partial charge in [0.2, 0.25) is 0 Å². The van der Waals surface area contributed by atoms with Gasteiger partial charge in [-0.15, -0.1) is 0 Å². The van der Waals surface area contributed by atoms with E-state index in [0.717, 1.165) is 0 Å². The highest BCUT2D eigenvalue weighted by atomic mass is 16.4. The molecule has 0 amide bonds. The molecular weight excluding hydrogens is 208 g/mol. The molecule has 0 fully saturated rings. The van der Waals surface area contributed by atoms with Gasteiger partial charge in [0.05, 0.1) is 5.97 Å². The largest absolute Gasteiger partial charge is 0.550 e. The van der Waals surface area contributed by atoms with Crippen LogP contribution < -0.4 is 15.3 Å². The molecule has 0 unspecified atom stereocenters. The summed E-state index contributed by atoms with van der Waals surface area (Å²) in [5.41, 5.74) is -0.718. The molecule has 0 heterocycles. The summed E-state index contributed by atoms with van der Waals surface area (Å²) >= 11 is 0. The topological polar surface area (TPSA) is 137 Å². The van der Waals surface area contributed by atoms with Crippen LogP contribution in [0.1, 0.15) is 12.8 Å². The zero-order chi connectivity index (χ0) is 12.0. The summed E-state index contributed by atoms with van der Waals surface area (Å²) in [6.07, 6.45) is -1.08. The molecule has 82 valence electrons. The lowest BCUT2D eigenvalue weighted by Crippen LogP contribution is -2.32. The van der Waals surface area contributed by atoms with Crippen molar-refractivity contribution < 1.29 is 34.5 Å². The maximum Gasteiger partial charge on any atom is 0.182 e. The third-order valence-corrected chi connectivity index (χ3v) is 1.36. The summed E-state index contributed by atoms with van der Waals surface area (Å²) in [5, 5.41) is 30.2. The van der Waals surface area contributed by atoms with Crippen molar-refractivity contribution in [1.82, 2.24) is 0 Å². The Labute approximate surface area is 83.6 Å². The number of Topliss-reactive ketones (excluding diaryl/α,β-unsaturated/α-hetero) is 1. The molecule has 0 aromatic carbocycles. The zero-order valence-electron chi connectivity index (χ0n) is 7.35. The van der Waals surface area contributed by atoms with Gasteiger partial charge in [-0.05, 0) is 5.57 Å². The molecule has 0 bridgehead atoms. The average molecular weight is 213 g/mol. The first-order valence-electron chi connectivity index (χ1n) is 3.69. The van der Waals surface area contributed by atoms with Crippen LogP contribution in [0.15, 0.2) is 11.6 Å². The molecule has 0 aromatic rings. The number of rotatable bonds is 6. The lowest BCUT2D eigenvalue weighted by Gasteiger charge is -2.09. The van der Waals surface area contributed by atoms with Crippen molar-refractivity contribution >= 4 is 23.7 Å². The fourth-order valence-corrected chi connectivity index (χ4v) is 0.682. The van der Waals surface area contributed by atoms with Crippen molar-refractivity contribution in [3.63, 3.8) is 0 Å². The summed E-state index contributed by atoms with van der Waals surface area (Å²) in [6, 6.07) is 0. The van der Waals surface area contributed by atoms with E-state index in [4.69, 9.17) is 0 Å². The van der Waals surface area contributed by atoms with E-state index < -0.39 is 42.1 Å². The predicted octanol–water partition coefficient (Wildman–Crippen LogP) is -4.49. The molecule has 0 spiro atoms. The van der Waals surface area contributed by atoms with E-state index in [9.17, 15) is 34.5 Å². The second kappa shape index (κ2) is 5.53. The molecule has 0 aliphatic rings. The molecule has 15 heavy (non-hydrogen) atoms. The van der Waals surface area contributed by atoms with Crippen LogP contribution in [0, 0.1) is 0 Å². The number of aliphatic carboxylic acids is 3. The van der Waals surface area contributed by atoms with Crippen LogP contribution in [0.2, 0.25) is 0 Å². The second-order valence-corrected chi connectivity index (χ2v) is 2.48. The molecule has 0 atom stereocenters. The van der Waals surface area contributed by atoms with E-state index >= 15 is 0 Å². The van der Waals surface area contributed by atoms with Gasteiger partial charge in [0.15, 0.2) is 5.78 Å². The van der Waals surface area contributed by atoms with E-state index in [1.165, 1.54) is 0 Å². The molecule has 0 saturated heterocycles. The van der Waals surface area contributed by atoms with Crippen LogP contribution in [0.4, 0.5) is 0 Å². The standard InChI is InChI=1S/C8H8O7/c9-5(8(14)15)2-1-4(7(12)13)3-6(10)11/h1H,2-3H2,(H,10,11)(H,12,13)(H,14,15)/p-3/b4-1-. The van der Waals surface area contributed by atoms with E-state index in [2.05, 4.69) is 0 Å². The second-order valence-electron chi connectivity index (χ2n) is 2.48. The lowest BCUT2D eigenvalue weighted by atomic mass is 10.1. The Morgan fingerprint density at radius 2 is 1.47 bits per heavy atom. The van der Waals surface area contributed by atoms with E-state index in [-0.39, 0.29) is 0 Å². The molecule has 7 nitrogen and oxygen atoms in total. The van der Waals surface area contributed by atoms with Gasteiger partial charge in [0.1, 0.15) is 5.97 Å². The zero-order valence-corrected chi connectivity index (χ0v) is 7.35. The number of carbonyl (C=O) groups excluding carboxylic acids is 4. The van der Waals surface area contributed by atoms with Crippen LogP contribution in [0.3, 0.4) is 0 Å². The van der Waals surface area contributed by atoms with Gasteiger partial charge in [0.25, 0.3) is 0 Å². The maximum absolute atomic E-state index is 10.5. The van der Waals surface area contributed by atoms with Crippen molar-refractivity contribution in [1.29, 1.82) is 0 Å². The highest BCUT2D eigenvalue weighted by molar-refractivity contribution is 6.32. The fourth-order valence-electron chi connectivity index (χ4n) is 0.682. The first-order valence-corrected chi connectivity index (χ1v) is 3.69. The number of carbonyl (C=O) groups is 4. The summed E-state index contributed by atoms with van der Waals surface area (Å²) < 4.78 is 0. The molecule has 0 rings (SSSR count). The normalized spacial score (nSPS) is 10.8. The molecular formula is C8H5O7-3. The molecule has 0 aromatic heterocycles. The number of hydrogen-bond acceptors (Lipinski definition) is 7. The van der Waals surface area contributed by atoms with E-state index in [1.54, 1.807) is 0 Å². The molecule has 0 aliphatic carbocycles. The van der Waals surface area contributed by atoms with Gasteiger partial charge in [0, 0.05) is 18.8 Å². The maximum atomic E-state index is 10.5. The van der Waals surface area contributed by atoms with Crippen LogP contribution >= 0.6 is 0 Å². The lowest BCUT2D eigenvalue weighted by molar-refractivity contribution is -0.309. The molecule has 0 radical (unpaired) electrons. The van der Waals surface area contributed by atoms with Gasteiger partial charge >= 0.3 is 0 Å². The molecule has 0 N–H and O–H groups in total. The van der Waals surface area contributed by atoms with E-state index in [0.29, 0.717) is 6.08 Å². The van der Waals surface area contributed by atoms with Crippen molar-refractivity contribution in [2.24, 2.45) is 0 Å². The van der Waals surface area contributed by atoms with Crippen LogP contribution in [-0.4, -0.2) is 23.7 Å². The quantitative estimate of drug-likeness (QED) is 0.320. The first kappa shape index (κ1) is 12.8. The highest BCUT2D eigenvalue weighted by Gasteiger charge is 2.03. The third-order valence-electron chi connectivity index (χ3n) is 1.36. The number of carboxylic acids is 3. The summed E-state index contributed by atoms with van der Waals surface area (Å²) in [6.45, 7) is 0. The first-order chi connectivity index (χ1) is 6.84. The molecule has 0 aliphatic heterocycles. The van der Waals surface area contributed by atoms with Crippen molar-refractivity contribution in [3.05, 3.63) is 11.6 Å². The minimum absolute atomic E-state index is 0.642. The van der Waals surface area contributed by atoms with Gasteiger partial charge < -0.3 is 29.7 Å². The van der Waals surface area contributed by atoms with E-state index in [1.807, 2.05) is 0 Å². The smallest absolute Gasteiger partial charge is 0.182 e. The highest BCUT2D eigenvalue weighted by Crippen LogP contribution is 2.01. The van der Waals surface area contributed by atoms with Crippen molar-refractivity contribution in [3.8, 4) is 0 Å². The fraction of sp³-hybridized carbons (Fsp3) is 0.250. The third kappa shape index (κ3) is 5.19. The Hall–Kier alpha value is -2.18. The summed E-state index contributed by atoms with van der Waals surface area (Å²) in [7, 11) is 0. The molecule has 7 heteroatoms. The van der Waals surface area contributed by atoms with Gasteiger partial charge in [-0.25, -0.2) is 0 Å². The van der Waals surface area contributed by atoms with Crippen molar-refractivity contribution in [2.75, 3.05) is 0 Å². The minimum atomic E-state index is -1.97. The number of allylic oxidation sites excluding steroid dienone is 1. The average Bonchev–Trinajstić information content (AvgIpc) is 2.10. The Balaban J connectivity index is 4.56. The SMILES string of the molecule is O=C([O-])C/C(=C/CC(=O)C(=O)[O-])C(=O)[O-]. The number of ketones is 1. The van der Waals surface area contributed by atoms with Gasteiger partial charge in [-0.2, -0.15) is 0 Å². The van der Waals surface area contributed by atoms with Gasteiger partial charge in [-0.3, -0.25) is 4.79 Å². The summed E-state index contributed by atoms with van der Waals surface area (Å²) in [5.74, 6) is -6.80. The van der Waals surface area contributed by atoms with Crippen LogP contribution in [-0.2, 0) is 19.2 Å². The van der Waals surface area contributed by atoms with Crippen LogP contribution in [0.5, 0.6) is 0 Å². The minimum Gasteiger partial charge on any atom is -0.550 e. The Kier molecular flexibility index (Phi) is 4.73. The van der Waals surface area contributed by atoms with Gasteiger partial charge in [-0.1, -0.05) is 6.08 Å². The number of carboxylic acid groups (broad SMARTS) is 3. The van der Waals surface area contributed by atoms with Crippen molar-refractivity contribution in [2.45, 2.75) is 12.8 Å². The Bertz CT molecular complexity index is 339. The predicted molar refractivity (Wildman–Crippen MR) is 37.3 cm³/mol.